The van der Waals surface area contributed by atoms with Crippen molar-refractivity contribution < 1.29 is 4.74 Å². The van der Waals surface area contributed by atoms with Crippen LogP contribution in [0.4, 0.5) is 11.9 Å². The quantitative estimate of drug-likeness (QED) is 0.755. The average molecular weight is 293 g/mol. The van der Waals surface area contributed by atoms with Crippen molar-refractivity contribution in [3.05, 3.63) is 0 Å². The van der Waals surface area contributed by atoms with Crippen molar-refractivity contribution in [1.82, 2.24) is 15.0 Å². The molecule has 1 aromatic heterocycles. The summed E-state index contributed by atoms with van der Waals surface area (Å²) >= 11 is 0. The molecule has 0 spiro atoms. The topological polar surface area (TPSA) is 63.2 Å². The summed E-state index contributed by atoms with van der Waals surface area (Å²) < 4.78 is 5.66. The largest absolute Gasteiger partial charge is 0.461 e. The van der Waals surface area contributed by atoms with Crippen LogP contribution >= 0.6 is 0 Å². The van der Waals surface area contributed by atoms with Gasteiger partial charge in [0.1, 0.15) is 0 Å². The molecular weight excluding hydrogens is 266 g/mol. The minimum absolute atomic E-state index is 0.0535. The van der Waals surface area contributed by atoms with Crippen molar-refractivity contribution in [3.8, 4) is 6.01 Å². The van der Waals surface area contributed by atoms with Gasteiger partial charge in [-0.1, -0.05) is 6.92 Å². The molecule has 0 atom stereocenters. The fourth-order valence-electron chi connectivity index (χ4n) is 2.14. The standard InChI is InChI=1S/C15H27N5O/c1-5-9-20(10-12-7-8-12)14-17-13(16-6-2)18-15(19-14)21-11(3)4/h11-12H,5-10H2,1-4H3,(H,16,17,18,19). The summed E-state index contributed by atoms with van der Waals surface area (Å²) in [4.78, 5) is 15.6. The molecule has 21 heavy (non-hydrogen) atoms. The first kappa shape index (κ1) is 15.8. The highest BCUT2D eigenvalue weighted by Gasteiger charge is 2.26. The van der Waals surface area contributed by atoms with Crippen LogP contribution in [-0.2, 0) is 0 Å². The third-order valence-corrected chi connectivity index (χ3v) is 3.23. The summed E-state index contributed by atoms with van der Waals surface area (Å²) in [5.74, 6) is 2.12. The molecule has 1 heterocycles. The lowest BCUT2D eigenvalue weighted by atomic mass is 10.3. The van der Waals surface area contributed by atoms with Crippen LogP contribution in [-0.4, -0.2) is 40.7 Å². The van der Waals surface area contributed by atoms with Gasteiger partial charge in [-0.2, -0.15) is 15.0 Å². The van der Waals surface area contributed by atoms with Crippen molar-refractivity contribution in [3.63, 3.8) is 0 Å². The van der Waals surface area contributed by atoms with E-state index in [0.717, 1.165) is 37.9 Å². The van der Waals surface area contributed by atoms with E-state index in [2.05, 4.69) is 32.1 Å². The van der Waals surface area contributed by atoms with E-state index in [1.54, 1.807) is 0 Å². The Labute approximate surface area is 127 Å². The molecule has 0 unspecified atom stereocenters. The monoisotopic (exact) mass is 293 g/mol. The maximum atomic E-state index is 5.66. The first-order chi connectivity index (χ1) is 10.1. The average Bonchev–Trinajstić information content (AvgIpc) is 3.21. The number of hydrogen-bond acceptors (Lipinski definition) is 6. The molecule has 1 saturated carbocycles. The lowest BCUT2D eigenvalue weighted by molar-refractivity contribution is 0.222. The minimum atomic E-state index is 0.0535. The molecule has 0 saturated heterocycles. The molecule has 0 bridgehead atoms. The molecule has 0 aromatic carbocycles. The predicted octanol–water partition coefficient (Wildman–Crippen LogP) is 2.72. The first-order valence-electron chi connectivity index (χ1n) is 8.03. The second-order valence-corrected chi connectivity index (χ2v) is 5.83. The van der Waals surface area contributed by atoms with Crippen LogP contribution in [0.5, 0.6) is 6.01 Å². The Hall–Kier alpha value is -1.59. The number of ether oxygens (including phenoxy) is 1. The molecule has 1 aliphatic rings. The van der Waals surface area contributed by atoms with E-state index in [9.17, 15) is 0 Å². The fourth-order valence-corrected chi connectivity index (χ4v) is 2.14. The van der Waals surface area contributed by atoms with Crippen LogP contribution in [0.2, 0.25) is 0 Å². The zero-order valence-corrected chi connectivity index (χ0v) is 13.6. The van der Waals surface area contributed by atoms with E-state index in [-0.39, 0.29) is 6.10 Å². The zero-order chi connectivity index (χ0) is 15.2. The number of aromatic nitrogens is 3. The molecule has 6 nitrogen and oxygen atoms in total. The third-order valence-electron chi connectivity index (χ3n) is 3.23. The Bertz CT molecular complexity index is 448. The van der Waals surface area contributed by atoms with Gasteiger partial charge < -0.3 is 15.0 Å². The van der Waals surface area contributed by atoms with Gasteiger partial charge in [-0.15, -0.1) is 0 Å². The normalized spacial score (nSPS) is 14.3. The molecular formula is C15H27N5O. The molecule has 0 amide bonds. The lowest BCUT2D eigenvalue weighted by Gasteiger charge is -2.22. The highest BCUT2D eigenvalue weighted by Crippen LogP contribution is 2.31. The van der Waals surface area contributed by atoms with Crippen molar-refractivity contribution in [1.29, 1.82) is 0 Å². The van der Waals surface area contributed by atoms with Crippen LogP contribution in [0.3, 0.4) is 0 Å². The highest BCUT2D eigenvalue weighted by atomic mass is 16.5. The van der Waals surface area contributed by atoms with E-state index in [0.29, 0.717) is 12.0 Å². The highest BCUT2D eigenvalue weighted by molar-refractivity contribution is 5.38. The molecule has 1 N–H and O–H groups in total. The predicted molar refractivity (Wildman–Crippen MR) is 85.0 cm³/mol. The van der Waals surface area contributed by atoms with Gasteiger partial charge in [0.25, 0.3) is 0 Å². The van der Waals surface area contributed by atoms with E-state index in [4.69, 9.17) is 4.74 Å². The van der Waals surface area contributed by atoms with E-state index in [1.807, 2.05) is 20.8 Å². The Morgan fingerprint density at radius 2 is 2.00 bits per heavy atom. The number of hydrogen-bond donors (Lipinski definition) is 1. The summed E-state index contributed by atoms with van der Waals surface area (Å²) in [7, 11) is 0. The third kappa shape index (κ3) is 5.02. The minimum Gasteiger partial charge on any atom is -0.461 e. The van der Waals surface area contributed by atoms with Crippen LogP contribution in [0.15, 0.2) is 0 Å². The van der Waals surface area contributed by atoms with Crippen molar-refractivity contribution >= 4 is 11.9 Å². The van der Waals surface area contributed by atoms with E-state index in [1.165, 1.54) is 12.8 Å². The summed E-state index contributed by atoms with van der Waals surface area (Å²) in [5, 5.41) is 3.16. The summed E-state index contributed by atoms with van der Waals surface area (Å²) in [6, 6.07) is 0.405. The van der Waals surface area contributed by atoms with Crippen LogP contribution in [0.1, 0.15) is 47.0 Å². The van der Waals surface area contributed by atoms with Gasteiger partial charge >= 0.3 is 6.01 Å². The number of rotatable bonds is 9. The lowest BCUT2D eigenvalue weighted by Crippen LogP contribution is -2.29. The number of anilines is 2. The van der Waals surface area contributed by atoms with Crippen molar-refractivity contribution in [2.45, 2.75) is 53.1 Å². The Balaban J connectivity index is 2.22. The van der Waals surface area contributed by atoms with Crippen molar-refractivity contribution in [2.75, 3.05) is 29.9 Å². The van der Waals surface area contributed by atoms with Crippen LogP contribution in [0, 0.1) is 5.92 Å². The van der Waals surface area contributed by atoms with Crippen molar-refractivity contribution in [2.24, 2.45) is 5.92 Å². The molecule has 6 heteroatoms. The summed E-state index contributed by atoms with van der Waals surface area (Å²) in [6.07, 6.45) is 3.77. The van der Waals surface area contributed by atoms with E-state index >= 15 is 0 Å². The van der Waals surface area contributed by atoms with Gasteiger partial charge in [0, 0.05) is 19.6 Å². The summed E-state index contributed by atoms with van der Waals surface area (Å²) in [6.45, 7) is 10.9. The molecule has 0 radical (unpaired) electrons. The van der Waals surface area contributed by atoms with E-state index < -0.39 is 0 Å². The van der Waals surface area contributed by atoms with Gasteiger partial charge in [0.05, 0.1) is 6.10 Å². The Kier molecular flexibility index (Phi) is 5.59. The molecule has 1 aliphatic carbocycles. The second-order valence-electron chi connectivity index (χ2n) is 5.83. The number of nitrogens with one attached hydrogen (secondary N) is 1. The Morgan fingerprint density at radius 3 is 2.57 bits per heavy atom. The fraction of sp³-hybridized carbons (Fsp3) is 0.800. The molecule has 2 rings (SSSR count). The van der Waals surface area contributed by atoms with Gasteiger partial charge in [-0.3, -0.25) is 0 Å². The molecule has 1 fully saturated rings. The smallest absolute Gasteiger partial charge is 0.323 e. The molecule has 118 valence electrons. The van der Waals surface area contributed by atoms with Crippen LogP contribution < -0.4 is 15.0 Å². The van der Waals surface area contributed by atoms with Crippen LogP contribution in [0.25, 0.3) is 0 Å². The van der Waals surface area contributed by atoms with Gasteiger partial charge in [0.2, 0.25) is 11.9 Å². The maximum Gasteiger partial charge on any atom is 0.323 e. The Morgan fingerprint density at radius 1 is 1.24 bits per heavy atom. The SMILES string of the molecule is CCCN(CC1CC1)c1nc(NCC)nc(OC(C)C)n1. The van der Waals surface area contributed by atoms with Gasteiger partial charge in [-0.05, 0) is 46.0 Å². The maximum absolute atomic E-state index is 5.66. The van der Waals surface area contributed by atoms with Gasteiger partial charge in [-0.25, -0.2) is 0 Å². The first-order valence-corrected chi connectivity index (χ1v) is 8.03. The van der Waals surface area contributed by atoms with Gasteiger partial charge in [0.15, 0.2) is 0 Å². The second kappa shape index (κ2) is 7.43. The molecule has 0 aliphatic heterocycles. The molecule has 1 aromatic rings. The zero-order valence-electron chi connectivity index (χ0n) is 13.6. The summed E-state index contributed by atoms with van der Waals surface area (Å²) in [5.41, 5.74) is 0. The number of nitrogens with zero attached hydrogens (tertiary/aromatic N) is 4.